The van der Waals surface area contributed by atoms with Gasteiger partial charge in [0, 0.05) is 5.02 Å². The summed E-state index contributed by atoms with van der Waals surface area (Å²) in [5.41, 5.74) is 6.03. The van der Waals surface area contributed by atoms with Gasteiger partial charge in [0.25, 0.3) is 0 Å². The number of nitrogens with one attached hydrogen (secondary N) is 1. The maximum absolute atomic E-state index is 6.11. The number of halogens is 1. The van der Waals surface area contributed by atoms with E-state index in [0.717, 1.165) is 28.2 Å². The van der Waals surface area contributed by atoms with Crippen molar-refractivity contribution in [2.45, 2.75) is 13.0 Å². The van der Waals surface area contributed by atoms with Gasteiger partial charge in [-0.2, -0.15) is 0 Å². The number of hydrogen-bond donors (Lipinski definition) is 2. The molecule has 1 unspecified atom stereocenters. The first kappa shape index (κ1) is 14.2. The van der Waals surface area contributed by atoms with E-state index in [1.54, 1.807) is 0 Å². The number of hydrogen-bond acceptors (Lipinski definition) is 4. The highest BCUT2D eigenvalue weighted by molar-refractivity contribution is 6.30. The molecule has 2 aromatic carbocycles. The Kier molecular flexibility index (Phi) is 4.01. The Hall–Kier alpha value is -1.75. The van der Waals surface area contributed by atoms with E-state index in [2.05, 4.69) is 5.43 Å². The minimum atomic E-state index is -0.153. The van der Waals surface area contributed by atoms with Gasteiger partial charge in [-0.1, -0.05) is 23.7 Å². The van der Waals surface area contributed by atoms with Crippen LogP contribution in [-0.4, -0.2) is 13.2 Å². The minimum Gasteiger partial charge on any atom is -0.486 e. The second kappa shape index (κ2) is 5.93. The molecule has 0 bridgehead atoms. The van der Waals surface area contributed by atoms with Crippen LogP contribution < -0.4 is 20.7 Å². The first-order valence-corrected chi connectivity index (χ1v) is 7.18. The molecule has 1 aliphatic heterocycles. The first-order chi connectivity index (χ1) is 10.2. The molecule has 1 atom stereocenters. The van der Waals surface area contributed by atoms with Gasteiger partial charge in [0.05, 0.1) is 6.04 Å². The third kappa shape index (κ3) is 2.83. The van der Waals surface area contributed by atoms with Gasteiger partial charge in [-0.05, 0) is 47.9 Å². The van der Waals surface area contributed by atoms with Crippen LogP contribution >= 0.6 is 11.6 Å². The molecule has 0 aliphatic carbocycles. The van der Waals surface area contributed by atoms with Gasteiger partial charge >= 0.3 is 0 Å². The zero-order valence-corrected chi connectivity index (χ0v) is 12.5. The molecule has 3 N–H and O–H groups in total. The molecule has 21 heavy (non-hydrogen) atoms. The molecule has 0 saturated carbocycles. The third-order valence-corrected chi connectivity index (χ3v) is 3.85. The normalized spacial score (nSPS) is 14.8. The average molecular weight is 305 g/mol. The number of nitrogens with two attached hydrogens (primary N) is 1. The van der Waals surface area contributed by atoms with Crippen LogP contribution in [0.2, 0.25) is 5.02 Å². The molecular formula is C16H17ClN2O2. The number of hydrazine groups is 1. The zero-order chi connectivity index (χ0) is 14.8. The van der Waals surface area contributed by atoms with E-state index in [9.17, 15) is 0 Å². The van der Waals surface area contributed by atoms with Crippen LogP contribution in [0.1, 0.15) is 22.7 Å². The lowest BCUT2D eigenvalue weighted by atomic mass is 9.95. The summed E-state index contributed by atoms with van der Waals surface area (Å²) in [6, 6.07) is 11.5. The van der Waals surface area contributed by atoms with E-state index >= 15 is 0 Å². The highest BCUT2D eigenvalue weighted by Crippen LogP contribution is 2.35. The summed E-state index contributed by atoms with van der Waals surface area (Å²) in [7, 11) is 0. The quantitative estimate of drug-likeness (QED) is 0.676. The van der Waals surface area contributed by atoms with Crippen molar-refractivity contribution in [1.29, 1.82) is 0 Å². The van der Waals surface area contributed by atoms with Gasteiger partial charge in [0.2, 0.25) is 0 Å². The Morgan fingerprint density at radius 3 is 2.62 bits per heavy atom. The first-order valence-electron chi connectivity index (χ1n) is 6.81. The highest BCUT2D eigenvalue weighted by Gasteiger charge is 2.19. The fourth-order valence-electron chi connectivity index (χ4n) is 2.53. The number of fused-ring (bicyclic) bond motifs is 1. The number of rotatable bonds is 3. The van der Waals surface area contributed by atoms with Crippen molar-refractivity contribution < 1.29 is 9.47 Å². The summed E-state index contributed by atoms with van der Waals surface area (Å²) in [6.45, 7) is 3.18. The second-order valence-electron chi connectivity index (χ2n) is 5.00. The van der Waals surface area contributed by atoms with Gasteiger partial charge in [-0.3, -0.25) is 5.84 Å². The topological polar surface area (TPSA) is 56.5 Å². The second-order valence-corrected chi connectivity index (χ2v) is 5.44. The lowest BCUT2D eigenvalue weighted by Gasteiger charge is -2.23. The van der Waals surface area contributed by atoms with Crippen molar-refractivity contribution in [3.05, 3.63) is 58.1 Å². The predicted octanol–water partition coefficient (Wildman–Crippen LogP) is 2.97. The van der Waals surface area contributed by atoms with Gasteiger partial charge in [0.15, 0.2) is 11.5 Å². The molecule has 0 amide bonds. The van der Waals surface area contributed by atoms with Crippen molar-refractivity contribution in [3.8, 4) is 11.5 Å². The van der Waals surface area contributed by atoms with Crippen LogP contribution in [0.15, 0.2) is 36.4 Å². The summed E-state index contributed by atoms with van der Waals surface area (Å²) < 4.78 is 11.2. The van der Waals surface area contributed by atoms with E-state index in [1.807, 2.05) is 43.3 Å². The maximum atomic E-state index is 6.11. The summed E-state index contributed by atoms with van der Waals surface area (Å²) in [6.07, 6.45) is 0. The van der Waals surface area contributed by atoms with Crippen LogP contribution in [0.25, 0.3) is 0 Å². The molecule has 5 heteroatoms. The Morgan fingerprint density at radius 1 is 1.10 bits per heavy atom. The van der Waals surface area contributed by atoms with E-state index in [0.29, 0.717) is 18.2 Å². The average Bonchev–Trinajstić information content (AvgIpc) is 2.51. The Bertz CT molecular complexity index is 661. The van der Waals surface area contributed by atoms with Crippen molar-refractivity contribution in [3.63, 3.8) is 0 Å². The van der Waals surface area contributed by atoms with Gasteiger partial charge < -0.3 is 9.47 Å². The molecule has 110 valence electrons. The number of aryl methyl sites for hydroxylation is 1. The smallest absolute Gasteiger partial charge is 0.161 e. The summed E-state index contributed by atoms with van der Waals surface area (Å²) in [4.78, 5) is 0. The number of benzene rings is 2. The molecular weight excluding hydrogens is 288 g/mol. The van der Waals surface area contributed by atoms with Crippen molar-refractivity contribution in [1.82, 2.24) is 5.43 Å². The Balaban J connectivity index is 2.01. The maximum Gasteiger partial charge on any atom is 0.161 e. The van der Waals surface area contributed by atoms with E-state index < -0.39 is 0 Å². The van der Waals surface area contributed by atoms with Crippen LogP contribution in [-0.2, 0) is 0 Å². The van der Waals surface area contributed by atoms with Crippen LogP contribution in [0.3, 0.4) is 0 Å². The van der Waals surface area contributed by atoms with Gasteiger partial charge in [-0.15, -0.1) is 0 Å². The molecule has 1 heterocycles. The SMILES string of the molecule is Cc1ccc(Cl)cc1C(NN)c1ccc2c(c1)OCCO2. The Labute approximate surface area is 128 Å². The van der Waals surface area contributed by atoms with Gasteiger partial charge in [-0.25, -0.2) is 5.43 Å². The molecule has 2 aromatic rings. The molecule has 0 spiro atoms. The van der Waals surface area contributed by atoms with Crippen molar-refractivity contribution in [2.24, 2.45) is 5.84 Å². The summed E-state index contributed by atoms with van der Waals surface area (Å²) >= 11 is 6.11. The predicted molar refractivity (Wildman–Crippen MR) is 82.8 cm³/mol. The minimum absolute atomic E-state index is 0.153. The van der Waals surface area contributed by atoms with Gasteiger partial charge in [0.1, 0.15) is 13.2 Å². The van der Waals surface area contributed by atoms with Crippen molar-refractivity contribution >= 4 is 11.6 Å². The molecule has 0 aromatic heterocycles. The lowest BCUT2D eigenvalue weighted by Crippen LogP contribution is -2.29. The summed E-state index contributed by atoms with van der Waals surface area (Å²) in [5, 5.41) is 0.688. The third-order valence-electron chi connectivity index (χ3n) is 3.62. The largest absolute Gasteiger partial charge is 0.486 e. The molecule has 0 saturated heterocycles. The molecule has 4 nitrogen and oxygen atoms in total. The fraction of sp³-hybridized carbons (Fsp3) is 0.250. The molecule has 1 aliphatic rings. The summed E-state index contributed by atoms with van der Waals surface area (Å²) in [5.74, 6) is 7.28. The monoisotopic (exact) mass is 304 g/mol. The van der Waals surface area contributed by atoms with Crippen LogP contribution in [0, 0.1) is 6.92 Å². The lowest BCUT2D eigenvalue weighted by molar-refractivity contribution is 0.171. The van der Waals surface area contributed by atoms with Crippen LogP contribution in [0.5, 0.6) is 11.5 Å². The molecule has 0 radical (unpaired) electrons. The molecule has 0 fully saturated rings. The Morgan fingerprint density at radius 2 is 1.86 bits per heavy atom. The zero-order valence-electron chi connectivity index (χ0n) is 11.7. The van der Waals surface area contributed by atoms with Crippen molar-refractivity contribution in [2.75, 3.05) is 13.2 Å². The standard InChI is InChI=1S/C16H17ClN2O2/c1-10-2-4-12(17)9-13(10)16(19-18)11-3-5-14-15(8-11)21-7-6-20-14/h2-5,8-9,16,19H,6-7,18H2,1H3. The fourth-order valence-corrected chi connectivity index (χ4v) is 2.71. The number of ether oxygens (including phenoxy) is 2. The van der Waals surface area contributed by atoms with E-state index in [1.165, 1.54) is 0 Å². The highest BCUT2D eigenvalue weighted by atomic mass is 35.5. The molecule has 3 rings (SSSR count). The van der Waals surface area contributed by atoms with E-state index in [-0.39, 0.29) is 6.04 Å². The van der Waals surface area contributed by atoms with E-state index in [4.69, 9.17) is 26.9 Å². The van der Waals surface area contributed by atoms with Crippen LogP contribution in [0.4, 0.5) is 0 Å².